The van der Waals surface area contributed by atoms with Crippen LogP contribution in [0, 0.1) is 0 Å². The minimum absolute atomic E-state index is 0.231. The lowest BCUT2D eigenvalue weighted by Crippen LogP contribution is -2.25. The Kier molecular flexibility index (Phi) is 5.43. The van der Waals surface area contributed by atoms with Crippen LogP contribution < -0.4 is 5.32 Å². The molecular weight excluding hydrogens is 145 g/mol. The van der Waals surface area contributed by atoms with E-state index in [0.29, 0.717) is 13.0 Å². The molecule has 0 spiro atoms. The molecule has 0 aliphatic heterocycles. The highest BCUT2D eigenvalue weighted by Gasteiger charge is 2.05. The van der Waals surface area contributed by atoms with Gasteiger partial charge in [0.1, 0.15) is 6.67 Å². The van der Waals surface area contributed by atoms with Gasteiger partial charge in [-0.2, -0.15) is 0 Å². The SMILES string of the molecule is CCC=C(CF)C(=O)NCC. The Hall–Kier alpha value is -0.860. The van der Waals surface area contributed by atoms with Gasteiger partial charge in [0.2, 0.25) is 5.91 Å². The molecule has 64 valence electrons. The molecule has 0 aliphatic carbocycles. The number of hydrogen-bond donors (Lipinski definition) is 1. The van der Waals surface area contributed by atoms with Crippen LogP contribution in [-0.2, 0) is 4.79 Å². The van der Waals surface area contributed by atoms with Crippen LogP contribution in [0.1, 0.15) is 20.3 Å². The molecule has 0 atom stereocenters. The molecule has 0 bridgehead atoms. The lowest BCUT2D eigenvalue weighted by Gasteiger charge is -2.01. The van der Waals surface area contributed by atoms with Crippen molar-refractivity contribution in [1.29, 1.82) is 0 Å². The summed E-state index contributed by atoms with van der Waals surface area (Å²) in [5.74, 6) is -0.295. The summed E-state index contributed by atoms with van der Waals surface area (Å²) in [6.45, 7) is 3.54. The Morgan fingerprint density at radius 1 is 1.55 bits per heavy atom. The van der Waals surface area contributed by atoms with E-state index >= 15 is 0 Å². The van der Waals surface area contributed by atoms with Gasteiger partial charge < -0.3 is 5.32 Å². The van der Waals surface area contributed by atoms with Gasteiger partial charge in [0.25, 0.3) is 0 Å². The van der Waals surface area contributed by atoms with E-state index in [1.807, 2.05) is 6.92 Å². The maximum Gasteiger partial charge on any atom is 0.249 e. The largest absolute Gasteiger partial charge is 0.353 e. The Morgan fingerprint density at radius 2 is 2.18 bits per heavy atom. The van der Waals surface area contributed by atoms with E-state index in [0.717, 1.165) is 0 Å². The number of carbonyl (C=O) groups is 1. The van der Waals surface area contributed by atoms with Crippen molar-refractivity contribution in [3.63, 3.8) is 0 Å². The molecule has 0 unspecified atom stereocenters. The molecule has 0 saturated carbocycles. The van der Waals surface area contributed by atoms with E-state index < -0.39 is 6.67 Å². The van der Waals surface area contributed by atoms with Gasteiger partial charge >= 0.3 is 0 Å². The number of carbonyl (C=O) groups excluding carboxylic acids is 1. The summed E-state index contributed by atoms with van der Waals surface area (Å²) in [5.41, 5.74) is 0.231. The summed E-state index contributed by atoms with van der Waals surface area (Å²) >= 11 is 0. The zero-order valence-electron chi connectivity index (χ0n) is 6.98. The van der Waals surface area contributed by atoms with Crippen LogP contribution in [0.4, 0.5) is 4.39 Å². The smallest absolute Gasteiger partial charge is 0.249 e. The van der Waals surface area contributed by atoms with Gasteiger partial charge in [-0.1, -0.05) is 13.0 Å². The second-order valence-corrected chi connectivity index (χ2v) is 2.13. The van der Waals surface area contributed by atoms with E-state index in [9.17, 15) is 9.18 Å². The highest BCUT2D eigenvalue weighted by Crippen LogP contribution is 1.97. The van der Waals surface area contributed by atoms with Gasteiger partial charge in [-0.25, -0.2) is 4.39 Å². The normalized spacial score (nSPS) is 11.4. The zero-order valence-corrected chi connectivity index (χ0v) is 6.98. The molecule has 0 rings (SSSR count). The Bertz CT molecular complexity index is 154. The van der Waals surface area contributed by atoms with Crippen molar-refractivity contribution < 1.29 is 9.18 Å². The Labute approximate surface area is 66.5 Å². The van der Waals surface area contributed by atoms with Crippen LogP contribution in [0.3, 0.4) is 0 Å². The molecule has 3 heteroatoms. The van der Waals surface area contributed by atoms with Gasteiger partial charge in [-0.05, 0) is 13.3 Å². The van der Waals surface area contributed by atoms with Crippen molar-refractivity contribution in [3.8, 4) is 0 Å². The Balaban J connectivity index is 4.03. The predicted molar refractivity (Wildman–Crippen MR) is 43.0 cm³/mol. The number of nitrogens with one attached hydrogen (secondary N) is 1. The second kappa shape index (κ2) is 5.89. The summed E-state index contributed by atoms with van der Waals surface area (Å²) in [6.07, 6.45) is 2.29. The van der Waals surface area contributed by atoms with Crippen molar-refractivity contribution in [3.05, 3.63) is 11.6 Å². The number of hydrogen-bond acceptors (Lipinski definition) is 1. The third-order valence-corrected chi connectivity index (χ3v) is 1.22. The number of allylic oxidation sites excluding steroid dienone is 1. The van der Waals surface area contributed by atoms with Crippen LogP contribution in [0.15, 0.2) is 11.6 Å². The molecule has 0 saturated heterocycles. The van der Waals surface area contributed by atoms with Crippen LogP contribution in [0.2, 0.25) is 0 Å². The van der Waals surface area contributed by atoms with Gasteiger partial charge in [-0.15, -0.1) is 0 Å². The summed E-state index contributed by atoms with van der Waals surface area (Å²) in [4.78, 5) is 10.9. The topological polar surface area (TPSA) is 29.1 Å². The maximum atomic E-state index is 12.1. The fraction of sp³-hybridized carbons (Fsp3) is 0.625. The van der Waals surface area contributed by atoms with Crippen LogP contribution >= 0.6 is 0 Å². The summed E-state index contributed by atoms with van der Waals surface area (Å²) in [6, 6.07) is 0. The van der Waals surface area contributed by atoms with Crippen molar-refractivity contribution in [2.24, 2.45) is 0 Å². The number of halogens is 1. The van der Waals surface area contributed by atoms with Gasteiger partial charge in [0, 0.05) is 12.1 Å². The number of alkyl halides is 1. The van der Waals surface area contributed by atoms with E-state index in [2.05, 4.69) is 5.32 Å². The third kappa shape index (κ3) is 3.75. The van der Waals surface area contributed by atoms with Gasteiger partial charge in [-0.3, -0.25) is 4.79 Å². The van der Waals surface area contributed by atoms with Gasteiger partial charge in [0.05, 0.1) is 0 Å². The van der Waals surface area contributed by atoms with Crippen molar-refractivity contribution >= 4 is 5.91 Å². The minimum atomic E-state index is -0.681. The average molecular weight is 159 g/mol. The molecule has 1 amide bonds. The first-order valence-corrected chi connectivity index (χ1v) is 3.79. The van der Waals surface area contributed by atoms with Gasteiger partial charge in [0.15, 0.2) is 0 Å². The summed E-state index contributed by atoms with van der Waals surface area (Å²) in [5, 5.41) is 2.53. The second-order valence-electron chi connectivity index (χ2n) is 2.13. The lowest BCUT2D eigenvalue weighted by atomic mass is 10.2. The van der Waals surface area contributed by atoms with Crippen molar-refractivity contribution in [1.82, 2.24) is 5.32 Å². The van der Waals surface area contributed by atoms with Crippen LogP contribution in [0.5, 0.6) is 0 Å². The number of rotatable bonds is 4. The molecule has 2 nitrogen and oxygen atoms in total. The number of likely N-dealkylation sites (N-methyl/N-ethyl adjacent to an activating group) is 1. The number of amides is 1. The Morgan fingerprint density at radius 3 is 2.55 bits per heavy atom. The highest BCUT2D eigenvalue weighted by molar-refractivity contribution is 5.93. The molecule has 0 aliphatic rings. The molecule has 0 aromatic rings. The molecule has 1 N–H and O–H groups in total. The van der Waals surface area contributed by atoms with Crippen molar-refractivity contribution in [2.75, 3.05) is 13.2 Å². The molecule has 0 aromatic carbocycles. The molecule has 11 heavy (non-hydrogen) atoms. The first-order valence-electron chi connectivity index (χ1n) is 3.79. The van der Waals surface area contributed by atoms with E-state index in [4.69, 9.17) is 0 Å². The fourth-order valence-electron chi connectivity index (χ4n) is 0.728. The summed E-state index contributed by atoms with van der Waals surface area (Å²) < 4.78 is 12.1. The fourth-order valence-corrected chi connectivity index (χ4v) is 0.728. The van der Waals surface area contributed by atoms with Crippen LogP contribution in [0.25, 0.3) is 0 Å². The standard InChI is InChI=1S/C8H14FNO/c1-3-5-7(6-9)8(11)10-4-2/h5H,3-4,6H2,1-2H3,(H,10,11). The van der Waals surface area contributed by atoms with E-state index in [-0.39, 0.29) is 11.5 Å². The quantitative estimate of drug-likeness (QED) is 0.618. The first kappa shape index (κ1) is 10.1. The lowest BCUT2D eigenvalue weighted by molar-refractivity contribution is -0.117. The minimum Gasteiger partial charge on any atom is -0.353 e. The maximum absolute atomic E-state index is 12.1. The predicted octanol–water partition coefficient (Wildman–Crippen LogP) is 1.43. The van der Waals surface area contributed by atoms with E-state index in [1.165, 1.54) is 0 Å². The van der Waals surface area contributed by atoms with Crippen molar-refractivity contribution in [2.45, 2.75) is 20.3 Å². The first-order chi connectivity index (χ1) is 5.26. The monoisotopic (exact) mass is 159 g/mol. The molecular formula is C8H14FNO. The molecule has 0 aromatic heterocycles. The molecule has 0 radical (unpaired) electrons. The van der Waals surface area contributed by atoms with Crippen LogP contribution in [-0.4, -0.2) is 19.1 Å². The third-order valence-electron chi connectivity index (χ3n) is 1.22. The zero-order chi connectivity index (χ0) is 8.69. The highest BCUT2D eigenvalue weighted by atomic mass is 19.1. The molecule has 0 fully saturated rings. The van der Waals surface area contributed by atoms with E-state index in [1.54, 1.807) is 13.0 Å². The summed E-state index contributed by atoms with van der Waals surface area (Å²) in [7, 11) is 0. The molecule has 0 heterocycles. The average Bonchev–Trinajstić information content (AvgIpc) is 2.00.